The molecule has 15 heavy (non-hydrogen) atoms. The fourth-order valence-corrected chi connectivity index (χ4v) is 1.26. The second-order valence-corrected chi connectivity index (χ2v) is 3.26. The lowest BCUT2D eigenvalue weighted by molar-refractivity contribution is -0.671. The van der Waals surface area contributed by atoms with Gasteiger partial charge in [-0.25, -0.2) is 4.57 Å². The highest BCUT2D eigenvalue weighted by Crippen LogP contribution is 2.04. The van der Waals surface area contributed by atoms with Crippen molar-refractivity contribution in [2.75, 3.05) is 0 Å². The lowest BCUT2D eigenvalue weighted by atomic mass is 10.2. The maximum atomic E-state index is 3.13. The summed E-state index contributed by atoms with van der Waals surface area (Å²) in [5, 5.41) is 0. The molecule has 2 aromatic rings. The molecule has 1 N–H and O–H groups in total. The van der Waals surface area contributed by atoms with E-state index in [1.54, 1.807) is 0 Å². The van der Waals surface area contributed by atoms with Gasteiger partial charge in [0.1, 0.15) is 7.05 Å². The molecule has 0 radical (unpaired) electrons. The minimum atomic E-state index is 0. The Labute approximate surface area is 107 Å². The molecule has 0 aliphatic rings. The fourth-order valence-electron chi connectivity index (χ4n) is 1.26. The number of nitrogens with zero attached hydrogens (tertiary/aromatic N) is 1. The van der Waals surface area contributed by atoms with Crippen molar-refractivity contribution in [3.8, 4) is 0 Å². The van der Waals surface area contributed by atoms with Crippen molar-refractivity contribution in [2.45, 2.75) is 0 Å². The van der Waals surface area contributed by atoms with Gasteiger partial charge in [-0.1, -0.05) is 6.08 Å². The standard InChI is InChI=1S/C12H12N2.HI/c1-14-9-6-11(7-10-14)4-5-12-3-2-8-13-12;/h2-10H,1H3;1H. The molecule has 0 aromatic carbocycles. The van der Waals surface area contributed by atoms with Gasteiger partial charge in [-0.15, -0.1) is 0 Å². The first-order valence-electron chi connectivity index (χ1n) is 4.61. The Morgan fingerprint density at radius 1 is 1.13 bits per heavy atom. The SMILES string of the molecule is C[n+]1ccc(C=Cc2ccc[nH]2)cc1.[I-]. The summed E-state index contributed by atoms with van der Waals surface area (Å²) in [6, 6.07) is 8.20. The van der Waals surface area contributed by atoms with Crippen LogP contribution in [0.15, 0.2) is 42.9 Å². The van der Waals surface area contributed by atoms with Crippen molar-refractivity contribution in [3.63, 3.8) is 0 Å². The summed E-state index contributed by atoms with van der Waals surface area (Å²) < 4.78 is 2.02. The Morgan fingerprint density at radius 2 is 1.87 bits per heavy atom. The first-order chi connectivity index (χ1) is 6.84. The number of hydrogen-bond acceptors (Lipinski definition) is 0. The summed E-state index contributed by atoms with van der Waals surface area (Å²) in [7, 11) is 2.01. The van der Waals surface area contributed by atoms with Crippen molar-refractivity contribution in [1.29, 1.82) is 0 Å². The van der Waals surface area contributed by atoms with Crippen LogP contribution < -0.4 is 28.5 Å². The molecule has 0 spiro atoms. The highest BCUT2D eigenvalue weighted by molar-refractivity contribution is 5.67. The lowest BCUT2D eigenvalue weighted by Crippen LogP contribution is -3.00. The monoisotopic (exact) mass is 312 g/mol. The second kappa shape index (κ2) is 5.70. The third-order valence-electron chi connectivity index (χ3n) is 2.08. The summed E-state index contributed by atoms with van der Waals surface area (Å²) in [6.07, 6.45) is 10.1. The zero-order chi connectivity index (χ0) is 9.80. The van der Waals surface area contributed by atoms with Gasteiger partial charge in [-0.05, 0) is 23.8 Å². The fraction of sp³-hybridized carbons (Fsp3) is 0.0833. The predicted octanol–water partition coefficient (Wildman–Crippen LogP) is -0.986. The number of nitrogens with one attached hydrogen (secondary N) is 1. The number of aromatic amines is 1. The van der Waals surface area contributed by atoms with E-state index in [1.807, 2.05) is 42.3 Å². The zero-order valence-corrected chi connectivity index (χ0v) is 10.7. The molecule has 2 rings (SSSR count). The topological polar surface area (TPSA) is 19.7 Å². The van der Waals surface area contributed by atoms with Crippen LogP contribution >= 0.6 is 0 Å². The van der Waals surface area contributed by atoms with Crippen LogP contribution in [0, 0.1) is 0 Å². The number of H-pyrrole nitrogens is 1. The minimum absolute atomic E-state index is 0. The van der Waals surface area contributed by atoms with Crippen LogP contribution in [-0.2, 0) is 7.05 Å². The van der Waals surface area contributed by atoms with Crippen molar-refractivity contribution in [3.05, 3.63) is 54.1 Å². The zero-order valence-electron chi connectivity index (χ0n) is 8.52. The van der Waals surface area contributed by atoms with Gasteiger partial charge in [0, 0.05) is 24.0 Å². The molecule has 0 aliphatic carbocycles. The van der Waals surface area contributed by atoms with E-state index in [4.69, 9.17) is 0 Å². The number of aryl methyl sites for hydroxylation is 1. The number of rotatable bonds is 2. The summed E-state index contributed by atoms with van der Waals surface area (Å²) in [5.74, 6) is 0. The van der Waals surface area contributed by atoms with Crippen LogP contribution in [-0.4, -0.2) is 4.98 Å². The molecule has 2 aromatic heterocycles. The maximum absolute atomic E-state index is 3.13. The molecule has 2 nitrogen and oxygen atoms in total. The van der Waals surface area contributed by atoms with E-state index in [2.05, 4.69) is 29.3 Å². The number of pyridine rings is 1. The van der Waals surface area contributed by atoms with Gasteiger partial charge in [-0.2, -0.15) is 0 Å². The molecule has 0 saturated heterocycles. The van der Waals surface area contributed by atoms with Crippen molar-refractivity contribution in [2.24, 2.45) is 7.05 Å². The lowest BCUT2D eigenvalue weighted by Gasteiger charge is -1.90. The van der Waals surface area contributed by atoms with Crippen molar-refractivity contribution in [1.82, 2.24) is 4.98 Å². The second-order valence-electron chi connectivity index (χ2n) is 3.26. The van der Waals surface area contributed by atoms with E-state index in [0.717, 1.165) is 5.69 Å². The van der Waals surface area contributed by atoms with Gasteiger partial charge >= 0.3 is 0 Å². The Bertz CT molecular complexity index is 415. The van der Waals surface area contributed by atoms with E-state index in [1.165, 1.54) is 5.56 Å². The van der Waals surface area contributed by atoms with E-state index >= 15 is 0 Å². The molecule has 0 saturated carbocycles. The molecule has 0 bridgehead atoms. The van der Waals surface area contributed by atoms with Gasteiger partial charge in [0.25, 0.3) is 0 Å². The third kappa shape index (κ3) is 3.51. The van der Waals surface area contributed by atoms with Gasteiger partial charge < -0.3 is 29.0 Å². The van der Waals surface area contributed by atoms with E-state index in [9.17, 15) is 0 Å². The van der Waals surface area contributed by atoms with Crippen LogP contribution in [0.2, 0.25) is 0 Å². The molecular formula is C12H13IN2. The molecule has 0 unspecified atom stereocenters. The third-order valence-corrected chi connectivity index (χ3v) is 2.08. The smallest absolute Gasteiger partial charge is 0.169 e. The number of hydrogen-bond donors (Lipinski definition) is 1. The predicted molar refractivity (Wildman–Crippen MR) is 57.3 cm³/mol. The quantitative estimate of drug-likeness (QED) is 0.543. The van der Waals surface area contributed by atoms with Gasteiger partial charge in [-0.3, -0.25) is 0 Å². The average Bonchev–Trinajstić information content (AvgIpc) is 2.70. The summed E-state index contributed by atoms with van der Waals surface area (Å²) in [5.41, 5.74) is 2.33. The van der Waals surface area contributed by atoms with Crippen LogP contribution in [0.3, 0.4) is 0 Å². The van der Waals surface area contributed by atoms with Gasteiger partial charge in [0.05, 0.1) is 0 Å². The first-order valence-corrected chi connectivity index (χ1v) is 4.61. The average molecular weight is 312 g/mol. The highest BCUT2D eigenvalue weighted by atomic mass is 127. The molecule has 2 heterocycles. The summed E-state index contributed by atoms with van der Waals surface area (Å²) in [4.78, 5) is 3.13. The Balaban J connectivity index is 0.00000112. The van der Waals surface area contributed by atoms with Gasteiger partial charge in [0.15, 0.2) is 12.4 Å². The van der Waals surface area contributed by atoms with Crippen LogP contribution in [0.25, 0.3) is 12.2 Å². The molecule has 0 amide bonds. The van der Waals surface area contributed by atoms with Crippen LogP contribution in [0.1, 0.15) is 11.3 Å². The molecule has 78 valence electrons. The molecule has 0 fully saturated rings. The van der Waals surface area contributed by atoms with Crippen molar-refractivity contribution < 1.29 is 28.5 Å². The van der Waals surface area contributed by atoms with E-state index in [0.29, 0.717) is 0 Å². The first kappa shape index (κ1) is 12.0. The van der Waals surface area contributed by atoms with Crippen molar-refractivity contribution >= 4 is 12.2 Å². The molecule has 0 atom stereocenters. The largest absolute Gasteiger partial charge is 1.00 e. The maximum Gasteiger partial charge on any atom is 0.169 e. The highest BCUT2D eigenvalue weighted by Gasteiger charge is 1.91. The van der Waals surface area contributed by atoms with Crippen LogP contribution in [0.5, 0.6) is 0 Å². The number of aromatic nitrogens is 2. The van der Waals surface area contributed by atoms with E-state index in [-0.39, 0.29) is 24.0 Å². The van der Waals surface area contributed by atoms with Gasteiger partial charge in [0.2, 0.25) is 0 Å². The Morgan fingerprint density at radius 3 is 2.47 bits per heavy atom. The Kier molecular flexibility index (Phi) is 4.55. The van der Waals surface area contributed by atoms with E-state index < -0.39 is 0 Å². The van der Waals surface area contributed by atoms with Crippen LogP contribution in [0.4, 0.5) is 0 Å². The molecule has 0 aliphatic heterocycles. The summed E-state index contributed by atoms with van der Waals surface area (Å²) >= 11 is 0. The Hall–Kier alpha value is -1.10. The normalized spacial score (nSPS) is 10.2. The molecular weight excluding hydrogens is 299 g/mol. The molecule has 3 heteroatoms. The minimum Gasteiger partial charge on any atom is -1.00 e. The number of halogens is 1. The summed E-state index contributed by atoms with van der Waals surface area (Å²) in [6.45, 7) is 0.